The maximum atomic E-state index is 11.9. The first-order valence-corrected chi connectivity index (χ1v) is 11.6. The number of nitrogens with zero attached hydrogens (tertiary/aromatic N) is 5. The molecule has 0 saturated carbocycles. The highest BCUT2D eigenvalue weighted by atomic mass is 32.1. The second-order valence-corrected chi connectivity index (χ2v) is 8.13. The van der Waals surface area contributed by atoms with E-state index in [1.54, 1.807) is 4.68 Å². The van der Waals surface area contributed by atoms with E-state index in [1.807, 2.05) is 12.1 Å². The lowest BCUT2D eigenvalue weighted by atomic mass is 10.2. The minimum atomic E-state index is 0.102. The third-order valence-corrected chi connectivity index (χ3v) is 5.88. The summed E-state index contributed by atoms with van der Waals surface area (Å²) in [6, 6.07) is 8.24. The molecule has 9 heteroatoms. The van der Waals surface area contributed by atoms with E-state index in [0.29, 0.717) is 23.9 Å². The van der Waals surface area contributed by atoms with Gasteiger partial charge in [-0.2, -0.15) is 0 Å². The third-order valence-electron chi connectivity index (χ3n) is 5.59. The van der Waals surface area contributed by atoms with Crippen LogP contribution in [0.3, 0.4) is 0 Å². The number of hydrogen-bond acceptors (Lipinski definition) is 7. The van der Waals surface area contributed by atoms with Crippen molar-refractivity contribution in [2.24, 2.45) is 0 Å². The molecule has 170 valence electrons. The maximum absolute atomic E-state index is 11.9. The van der Waals surface area contributed by atoms with Gasteiger partial charge in [0.2, 0.25) is 11.8 Å². The number of amides is 1. The van der Waals surface area contributed by atoms with Gasteiger partial charge in [-0.1, -0.05) is 6.92 Å². The number of carbonyl (C=O) groups excluding carboxylic acids is 1. The lowest BCUT2D eigenvalue weighted by molar-refractivity contribution is -0.122. The van der Waals surface area contributed by atoms with Crippen LogP contribution in [0.5, 0.6) is 0 Å². The zero-order chi connectivity index (χ0) is 22.2. The second kappa shape index (κ2) is 11.4. The fraction of sp³-hybridized carbons (Fsp3) is 0.591. The van der Waals surface area contributed by atoms with E-state index in [-0.39, 0.29) is 5.91 Å². The van der Waals surface area contributed by atoms with Crippen molar-refractivity contribution in [3.05, 3.63) is 29.1 Å². The smallest absolute Gasteiger partial charge is 0.288 e. The molecule has 1 N–H and O–H groups in total. The highest BCUT2D eigenvalue weighted by Gasteiger charge is 2.20. The summed E-state index contributed by atoms with van der Waals surface area (Å²) >= 11 is 5.40. The van der Waals surface area contributed by atoms with E-state index < -0.39 is 0 Å². The summed E-state index contributed by atoms with van der Waals surface area (Å²) in [5, 5.41) is 7.54. The highest BCUT2D eigenvalue weighted by Crippen LogP contribution is 2.22. The van der Waals surface area contributed by atoms with Crippen molar-refractivity contribution in [3.63, 3.8) is 0 Å². The van der Waals surface area contributed by atoms with E-state index >= 15 is 0 Å². The Morgan fingerprint density at radius 3 is 2.35 bits per heavy atom. The molecule has 0 atom stereocenters. The van der Waals surface area contributed by atoms with E-state index in [1.165, 1.54) is 5.69 Å². The van der Waals surface area contributed by atoms with Crippen LogP contribution in [0.2, 0.25) is 0 Å². The second-order valence-electron chi connectivity index (χ2n) is 7.78. The van der Waals surface area contributed by atoms with Crippen LogP contribution in [-0.2, 0) is 11.5 Å². The Morgan fingerprint density at radius 1 is 1.10 bits per heavy atom. The average molecular weight is 447 g/mol. The molecule has 1 amide bonds. The number of aromatic nitrogens is 2. The molecular formula is C22H34N6O2S. The van der Waals surface area contributed by atoms with Crippen LogP contribution < -0.4 is 10.2 Å². The van der Waals surface area contributed by atoms with Crippen LogP contribution in [-0.4, -0.2) is 77.8 Å². The minimum absolute atomic E-state index is 0.102. The summed E-state index contributed by atoms with van der Waals surface area (Å²) < 4.78 is 7.51. The molecule has 0 spiro atoms. The third kappa shape index (κ3) is 6.38. The number of piperazine rings is 1. The normalized spacial score (nSPS) is 15.2. The molecule has 1 fully saturated rings. The van der Waals surface area contributed by atoms with E-state index in [2.05, 4.69) is 58.0 Å². The van der Waals surface area contributed by atoms with Gasteiger partial charge in [0.15, 0.2) is 0 Å². The van der Waals surface area contributed by atoms with Crippen LogP contribution in [0.25, 0.3) is 11.5 Å². The molecule has 1 aliphatic rings. The van der Waals surface area contributed by atoms with Gasteiger partial charge in [0.25, 0.3) is 4.84 Å². The number of nitrogens with one attached hydrogen (secondary N) is 1. The Hall–Kier alpha value is -2.23. The van der Waals surface area contributed by atoms with Gasteiger partial charge >= 0.3 is 0 Å². The molecule has 1 saturated heterocycles. The van der Waals surface area contributed by atoms with Crippen molar-refractivity contribution in [2.45, 2.75) is 33.9 Å². The summed E-state index contributed by atoms with van der Waals surface area (Å²) in [6.45, 7) is 13.5. The van der Waals surface area contributed by atoms with Gasteiger partial charge in [-0.25, -0.2) is 4.68 Å². The van der Waals surface area contributed by atoms with Gasteiger partial charge in [0.1, 0.15) is 0 Å². The van der Waals surface area contributed by atoms with Crippen molar-refractivity contribution in [2.75, 3.05) is 57.3 Å². The molecule has 2 heterocycles. The first kappa shape index (κ1) is 23.4. The van der Waals surface area contributed by atoms with Crippen LogP contribution in [0, 0.1) is 4.84 Å². The van der Waals surface area contributed by atoms with Crippen molar-refractivity contribution in [1.82, 2.24) is 24.9 Å². The Labute approximate surface area is 189 Å². The van der Waals surface area contributed by atoms with E-state index in [0.717, 1.165) is 57.8 Å². The molecule has 0 unspecified atom stereocenters. The topological polar surface area (TPSA) is 69.8 Å². The van der Waals surface area contributed by atoms with Crippen molar-refractivity contribution in [1.29, 1.82) is 0 Å². The van der Waals surface area contributed by atoms with Gasteiger partial charge in [0.05, 0.1) is 13.2 Å². The standard InChI is InChI=1S/C22H34N6O2S/c1-4-11-23-20(29)16-25-12-14-26(15-13-25)17-28-22(31)30-21(24-28)18-7-9-19(10-8-18)27(5-2)6-3/h7-10H,4-6,11-17H2,1-3H3,(H,23,29). The zero-order valence-electron chi connectivity index (χ0n) is 18.8. The predicted octanol–water partition coefficient (Wildman–Crippen LogP) is 2.82. The molecule has 3 rings (SSSR count). The number of benzene rings is 1. The first-order valence-electron chi connectivity index (χ1n) is 11.2. The van der Waals surface area contributed by atoms with E-state index in [9.17, 15) is 4.79 Å². The summed E-state index contributed by atoms with van der Waals surface area (Å²) in [5.74, 6) is 0.646. The number of anilines is 1. The van der Waals surface area contributed by atoms with Gasteiger partial charge < -0.3 is 14.6 Å². The summed E-state index contributed by atoms with van der Waals surface area (Å²) in [4.78, 5) is 19.1. The lowest BCUT2D eigenvalue weighted by Gasteiger charge is -2.33. The Balaban J connectivity index is 1.55. The molecule has 2 aromatic rings. The molecular weight excluding hydrogens is 412 g/mol. The van der Waals surface area contributed by atoms with Crippen molar-refractivity contribution in [3.8, 4) is 11.5 Å². The van der Waals surface area contributed by atoms with Crippen LogP contribution in [0.1, 0.15) is 27.2 Å². The number of rotatable bonds is 10. The van der Waals surface area contributed by atoms with Crippen LogP contribution in [0.15, 0.2) is 28.7 Å². The molecule has 31 heavy (non-hydrogen) atoms. The molecule has 1 aromatic heterocycles. The summed E-state index contributed by atoms with van der Waals surface area (Å²) in [7, 11) is 0. The zero-order valence-corrected chi connectivity index (χ0v) is 19.7. The van der Waals surface area contributed by atoms with E-state index in [4.69, 9.17) is 16.6 Å². The maximum Gasteiger partial charge on any atom is 0.288 e. The molecule has 0 aliphatic carbocycles. The minimum Gasteiger partial charge on any atom is -0.409 e. The van der Waals surface area contributed by atoms with Crippen molar-refractivity contribution < 1.29 is 9.21 Å². The van der Waals surface area contributed by atoms with Crippen molar-refractivity contribution >= 4 is 23.8 Å². The SMILES string of the molecule is CCCNC(=O)CN1CCN(Cn2nc(-c3ccc(N(CC)CC)cc3)oc2=S)CC1. The molecule has 0 bridgehead atoms. The van der Waals surface area contributed by atoms with Crippen LogP contribution >= 0.6 is 12.2 Å². The number of carbonyl (C=O) groups is 1. The van der Waals surface area contributed by atoms with Gasteiger partial charge in [-0.15, -0.1) is 5.10 Å². The van der Waals surface area contributed by atoms with Gasteiger partial charge in [-0.05, 0) is 56.8 Å². The fourth-order valence-electron chi connectivity index (χ4n) is 3.72. The Kier molecular flexibility index (Phi) is 8.62. The quantitative estimate of drug-likeness (QED) is 0.563. The van der Waals surface area contributed by atoms with Gasteiger partial charge in [0, 0.05) is 57.1 Å². The summed E-state index contributed by atoms with van der Waals surface area (Å²) in [6.07, 6.45) is 0.958. The molecule has 1 aromatic carbocycles. The summed E-state index contributed by atoms with van der Waals surface area (Å²) in [5.41, 5.74) is 2.11. The molecule has 8 nitrogen and oxygen atoms in total. The van der Waals surface area contributed by atoms with Gasteiger partial charge in [-0.3, -0.25) is 14.6 Å². The largest absolute Gasteiger partial charge is 0.409 e. The number of hydrogen-bond donors (Lipinski definition) is 1. The highest BCUT2D eigenvalue weighted by molar-refractivity contribution is 7.71. The Bertz CT molecular complexity index is 882. The monoisotopic (exact) mass is 446 g/mol. The first-order chi connectivity index (χ1) is 15.0. The fourth-order valence-corrected chi connectivity index (χ4v) is 3.90. The molecule has 1 aliphatic heterocycles. The van der Waals surface area contributed by atoms with Crippen LogP contribution in [0.4, 0.5) is 5.69 Å². The predicted molar refractivity (Wildman–Crippen MR) is 126 cm³/mol. The Morgan fingerprint density at radius 2 is 1.74 bits per heavy atom. The molecule has 0 radical (unpaired) electrons. The lowest BCUT2D eigenvalue weighted by Crippen LogP contribution is -2.49. The average Bonchev–Trinajstić information content (AvgIpc) is 3.15.